The first-order valence-corrected chi connectivity index (χ1v) is 5.76. The number of rotatable bonds is 5. The second kappa shape index (κ2) is 5.97. The highest BCUT2D eigenvalue weighted by Gasteiger charge is 2.19. The van der Waals surface area contributed by atoms with Gasteiger partial charge in [0, 0.05) is 22.5 Å². The van der Waals surface area contributed by atoms with Gasteiger partial charge in [-0.25, -0.2) is 4.39 Å². The van der Waals surface area contributed by atoms with Crippen molar-refractivity contribution < 1.29 is 19.0 Å². The minimum Gasteiger partial charge on any atom is -0.493 e. The van der Waals surface area contributed by atoms with E-state index < -0.39 is 17.8 Å². The molecule has 0 aliphatic carbocycles. The first kappa shape index (κ1) is 13.9. The van der Waals surface area contributed by atoms with Gasteiger partial charge in [0.1, 0.15) is 0 Å². The van der Waals surface area contributed by atoms with Crippen LogP contribution in [0, 0.1) is 5.82 Å². The summed E-state index contributed by atoms with van der Waals surface area (Å²) in [4.78, 5) is 10.5. The number of methoxy groups -OCH3 is 1. The van der Waals surface area contributed by atoms with Gasteiger partial charge in [0.25, 0.3) is 0 Å². The maximum Gasteiger partial charge on any atom is 0.303 e. The van der Waals surface area contributed by atoms with Crippen LogP contribution in [0.2, 0.25) is 0 Å². The molecule has 0 fully saturated rings. The molecule has 0 heterocycles. The number of hydrogen-bond acceptors (Lipinski definition) is 3. The van der Waals surface area contributed by atoms with E-state index in [1.165, 1.54) is 19.2 Å². The number of halogens is 2. The summed E-state index contributed by atoms with van der Waals surface area (Å²) in [6.45, 7) is 0. The second-order valence-electron chi connectivity index (χ2n) is 3.52. The summed E-state index contributed by atoms with van der Waals surface area (Å²) >= 11 is 3.26. The third-order valence-corrected chi connectivity index (χ3v) is 3.03. The van der Waals surface area contributed by atoms with Crippen molar-refractivity contribution in [2.24, 2.45) is 5.73 Å². The van der Waals surface area contributed by atoms with Crippen molar-refractivity contribution in [2.45, 2.75) is 18.9 Å². The third kappa shape index (κ3) is 3.41. The lowest BCUT2D eigenvalue weighted by Gasteiger charge is -2.17. The Balaban J connectivity index is 3.02. The molecule has 0 aliphatic heterocycles. The van der Waals surface area contributed by atoms with Gasteiger partial charge in [-0.2, -0.15) is 0 Å². The molecule has 0 aliphatic rings. The molecule has 3 N–H and O–H groups in total. The zero-order valence-corrected chi connectivity index (χ0v) is 10.8. The van der Waals surface area contributed by atoms with Crippen LogP contribution >= 0.6 is 15.9 Å². The van der Waals surface area contributed by atoms with Gasteiger partial charge >= 0.3 is 5.97 Å². The number of nitrogens with two attached hydrogens (primary N) is 1. The molecule has 4 nitrogen and oxygen atoms in total. The summed E-state index contributed by atoms with van der Waals surface area (Å²) in [5, 5.41) is 8.59. The highest BCUT2D eigenvalue weighted by Crippen LogP contribution is 2.35. The number of carboxylic acids is 1. The van der Waals surface area contributed by atoms with Gasteiger partial charge in [-0.3, -0.25) is 4.79 Å². The van der Waals surface area contributed by atoms with Gasteiger partial charge in [-0.1, -0.05) is 15.9 Å². The van der Waals surface area contributed by atoms with Crippen molar-refractivity contribution in [2.75, 3.05) is 7.11 Å². The van der Waals surface area contributed by atoms with E-state index in [2.05, 4.69) is 15.9 Å². The van der Waals surface area contributed by atoms with Crippen molar-refractivity contribution in [3.8, 4) is 5.75 Å². The van der Waals surface area contributed by atoms with E-state index in [-0.39, 0.29) is 18.6 Å². The minimum absolute atomic E-state index is 0.0530. The average molecular weight is 306 g/mol. The van der Waals surface area contributed by atoms with Crippen LogP contribution in [0.5, 0.6) is 5.75 Å². The molecule has 94 valence electrons. The van der Waals surface area contributed by atoms with Crippen LogP contribution in [-0.2, 0) is 4.79 Å². The molecule has 1 rings (SSSR count). The molecule has 17 heavy (non-hydrogen) atoms. The molecule has 0 radical (unpaired) electrons. The summed E-state index contributed by atoms with van der Waals surface area (Å²) in [6, 6.07) is 2.19. The standard InChI is InChI=1S/C11H13BrFNO3/c1-17-11-7(13)3-2-6(12)10(11)8(14)4-5-9(15)16/h2-3,8H,4-5,14H2,1H3,(H,15,16). The Morgan fingerprint density at radius 1 is 1.65 bits per heavy atom. The normalized spacial score (nSPS) is 12.2. The van der Waals surface area contributed by atoms with Crippen LogP contribution in [0.3, 0.4) is 0 Å². The molecule has 0 saturated heterocycles. The van der Waals surface area contributed by atoms with E-state index in [9.17, 15) is 9.18 Å². The zero-order chi connectivity index (χ0) is 13.0. The largest absolute Gasteiger partial charge is 0.493 e. The van der Waals surface area contributed by atoms with E-state index in [1.807, 2.05) is 0 Å². The van der Waals surface area contributed by atoms with Gasteiger partial charge in [-0.05, 0) is 18.6 Å². The quantitative estimate of drug-likeness (QED) is 0.876. The Bertz CT molecular complexity index is 425. The molecule has 0 saturated carbocycles. The number of carboxylic acid groups (broad SMARTS) is 1. The summed E-state index contributed by atoms with van der Waals surface area (Å²) in [5.74, 6) is -1.40. The molecule has 6 heteroatoms. The Kier molecular flexibility index (Phi) is 4.89. The monoisotopic (exact) mass is 305 g/mol. The first-order valence-electron chi connectivity index (χ1n) is 4.96. The summed E-state index contributed by atoms with van der Waals surface area (Å²) in [7, 11) is 1.35. The Morgan fingerprint density at radius 3 is 2.82 bits per heavy atom. The molecule has 1 atom stereocenters. The number of hydrogen-bond donors (Lipinski definition) is 2. The summed E-state index contributed by atoms with van der Waals surface area (Å²) < 4.78 is 19.0. The Morgan fingerprint density at radius 2 is 2.29 bits per heavy atom. The number of benzene rings is 1. The number of aliphatic carboxylic acids is 1. The van der Waals surface area contributed by atoms with Gasteiger partial charge in [0.05, 0.1) is 7.11 Å². The van der Waals surface area contributed by atoms with Crippen molar-refractivity contribution in [1.82, 2.24) is 0 Å². The summed E-state index contributed by atoms with van der Waals surface area (Å²) in [6.07, 6.45) is 0.140. The molecular formula is C11H13BrFNO3. The SMILES string of the molecule is COc1c(F)ccc(Br)c1C(N)CCC(=O)O. The van der Waals surface area contributed by atoms with Crippen molar-refractivity contribution in [3.63, 3.8) is 0 Å². The maximum atomic E-state index is 13.5. The van der Waals surface area contributed by atoms with Gasteiger partial charge in [-0.15, -0.1) is 0 Å². The molecule has 1 aromatic rings. The smallest absolute Gasteiger partial charge is 0.303 e. The predicted molar refractivity (Wildman–Crippen MR) is 64.5 cm³/mol. The lowest BCUT2D eigenvalue weighted by atomic mass is 10.0. The van der Waals surface area contributed by atoms with Crippen LogP contribution in [0.25, 0.3) is 0 Å². The van der Waals surface area contributed by atoms with Crippen LogP contribution in [0.4, 0.5) is 4.39 Å². The lowest BCUT2D eigenvalue weighted by molar-refractivity contribution is -0.137. The fourth-order valence-corrected chi connectivity index (χ4v) is 2.13. The Labute approximate surface area is 107 Å². The average Bonchev–Trinajstić information content (AvgIpc) is 2.28. The topological polar surface area (TPSA) is 72.5 Å². The van der Waals surface area contributed by atoms with Crippen LogP contribution in [0.15, 0.2) is 16.6 Å². The maximum absolute atomic E-state index is 13.5. The van der Waals surface area contributed by atoms with Crippen LogP contribution in [-0.4, -0.2) is 18.2 Å². The summed E-state index contributed by atoms with van der Waals surface area (Å²) in [5.41, 5.74) is 6.30. The van der Waals surface area contributed by atoms with E-state index in [0.29, 0.717) is 10.0 Å². The molecule has 0 aromatic heterocycles. The van der Waals surface area contributed by atoms with Crippen LogP contribution in [0.1, 0.15) is 24.4 Å². The fourth-order valence-electron chi connectivity index (χ4n) is 1.53. The van der Waals surface area contributed by atoms with E-state index >= 15 is 0 Å². The molecule has 1 aromatic carbocycles. The third-order valence-electron chi connectivity index (χ3n) is 2.34. The van der Waals surface area contributed by atoms with Gasteiger partial charge in [0.15, 0.2) is 11.6 Å². The molecule has 0 bridgehead atoms. The Hall–Kier alpha value is -1.14. The predicted octanol–water partition coefficient (Wildman–Crippen LogP) is 2.46. The number of carbonyl (C=O) groups is 1. The van der Waals surface area contributed by atoms with E-state index in [4.69, 9.17) is 15.6 Å². The first-order chi connectivity index (χ1) is 7.97. The molecule has 0 spiro atoms. The van der Waals surface area contributed by atoms with E-state index in [1.54, 1.807) is 0 Å². The van der Waals surface area contributed by atoms with Crippen LogP contribution < -0.4 is 10.5 Å². The van der Waals surface area contributed by atoms with Crippen molar-refractivity contribution >= 4 is 21.9 Å². The van der Waals surface area contributed by atoms with Crippen molar-refractivity contribution in [1.29, 1.82) is 0 Å². The lowest BCUT2D eigenvalue weighted by Crippen LogP contribution is -2.14. The highest BCUT2D eigenvalue weighted by atomic mass is 79.9. The van der Waals surface area contributed by atoms with Crippen molar-refractivity contribution in [3.05, 3.63) is 28.0 Å². The second-order valence-corrected chi connectivity index (χ2v) is 4.37. The fraction of sp³-hybridized carbons (Fsp3) is 0.364. The zero-order valence-electron chi connectivity index (χ0n) is 9.24. The molecule has 0 amide bonds. The van der Waals surface area contributed by atoms with Gasteiger partial charge < -0.3 is 15.6 Å². The molecular weight excluding hydrogens is 293 g/mol. The molecule has 1 unspecified atom stereocenters. The number of ether oxygens (including phenoxy) is 1. The van der Waals surface area contributed by atoms with Gasteiger partial charge in [0.2, 0.25) is 0 Å². The highest BCUT2D eigenvalue weighted by molar-refractivity contribution is 9.10. The van der Waals surface area contributed by atoms with E-state index in [0.717, 1.165) is 0 Å². The minimum atomic E-state index is -0.938.